The number of halogens is 2. The zero-order chi connectivity index (χ0) is 17.4. The Morgan fingerprint density at radius 3 is 1.62 bits per heavy atom. The Kier molecular flexibility index (Phi) is 14.6. The van der Waals surface area contributed by atoms with Crippen molar-refractivity contribution in [2.45, 2.75) is 12.8 Å². The van der Waals surface area contributed by atoms with Crippen LogP contribution in [0.15, 0.2) is 12.2 Å². The third-order valence-corrected chi connectivity index (χ3v) is 2.94. The first-order valence-corrected chi connectivity index (χ1v) is 7.52. The first-order valence-electron chi connectivity index (χ1n) is 7.52. The number of likely N-dealkylation sites (N-methyl/N-ethyl adjacent to an activating group) is 2. The van der Waals surface area contributed by atoms with Crippen molar-refractivity contribution in [2.75, 3.05) is 68.6 Å². The van der Waals surface area contributed by atoms with Crippen molar-refractivity contribution in [3.8, 4) is 0 Å². The van der Waals surface area contributed by atoms with E-state index >= 15 is 0 Å². The molecular formula is C16H32Cl2N2O4. The van der Waals surface area contributed by atoms with E-state index in [0.29, 0.717) is 18.8 Å². The molecule has 0 rings (SSSR count). The van der Waals surface area contributed by atoms with E-state index in [2.05, 4.69) is 6.58 Å². The van der Waals surface area contributed by atoms with Gasteiger partial charge in [-0.25, -0.2) is 4.79 Å². The van der Waals surface area contributed by atoms with Crippen LogP contribution in [0.3, 0.4) is 0 Å². The highest BCUT2D eigenvalue weighted by molar-refractivity contribution is 5.88. The highest BCUT2D eigenvalue weighted by Gasteiger charge is 2.14. The monoisotopic (exact) mass is 386 g/mol. The number of hydrogen-bond donors (Lipinski definition) is 0. The van der Waals surface area contributed by atoms with Crippen molar-refractivity contribution in [3.63, 3.8) is 0 Å². The molecule has 0 saturated heterocycles. The van der Waals surface area contributed by atoms with E-state index in [0.717, 1.165) is 22.1 Å². The Labute approximate surface area is 158 Å². The van der Waals surface area contributed by atoms with E-state index in [1.54, 1.807) is 0 Å². The Hall–Kier alpha value is -0.820. The normalized spacial score (nSPS) is 10.9. The molecule has 0 unspecified atom stereocenters. The molecule has 0 saturated carbocycles. The summed E-state index contributed by atoms with van der Waals surface area (Å²) in [5.74, 6) is -0.749. The van der Waals surface area contributed by atoms with Crippen molar-refractivity contribution in [2.24, 2.45) is 0 Å². The van der Waals surface area contributed by atoms with Gasteiger partial charge < -0.3 is 43.3 Å². The van der Waals surface area contributed by atoms with Crippen LogP contribution in [0.5, 0.6) is 0 Å². The third-order valence-electron chi connectivity index (χ3n) is 2.94. The van der Waals surface area contributed by atoms with Gasteiger partial charge in [-0.2, -0.15) is 0 Å². The molecule has 0 aromatic heterocycles. The fourth-order valence-electron chi connectivity index (χ4n) is 1.37. The molecule has 0 aliphatic rings. The van der Waals surface area contributed by atoms with Gasteiger partial charge in [-0.3, -0.25) is 4.79 Å². The van der Waals surface area contributed by atoms with Gasteiger partial charge in [-0.15, -0.1) is 0 Å². The zero-order valence-corrected chi connectivity index (χ0v) is 17.2. The van der Waals surface area contributed by atoms with Gasteiger partial charge in [0.15, 0.2) is 0 Å². The molecule has 144 valence electrons. The lowest BCUT2D eigenvalue weighted by Gasteiger charge is -2.23. The summed E-state index contributed by atoms with van der Waals surface area (Å²) in [7, 11) is 12.2. The Morgan fingerprint density at radius 2 is 1.21 bits per heavy atom. The highest BCUT2D eigenvalue weighted by atomic mass is 35.5. The molecule has 8 heteroatoms. The lowest BCUT2D eigenvalue weighted by atomic mass is 10.2. The molecule has 0 fully saturated rings. The van der Waals surface area contributed by atoms with Gasteiger partial charge in [-0.05, 0) is 6.42 Å². The Balaban J connectivity index is -0.00000220. The minimum absolute atomic E-state index is 0. The van der Waals surface area contributed by atoms with Gasteiger partial charge in [0.05, 0.1) is 42.3 Å². The maximum Gasteiger partial charge on any atom is 0.333 e. The van der Waals surface area contributed by atoms with Crippen LogP contribution in [0.2, 0.25) is 0 Å². The van der Waals surface area contributed by atoms with Gasteiger partial charge in [-0.1, -0.05) is 6.58 Å². The first-order chi connectivity index (χ1) is 9.91. The number of quaternary nitrogens is 2. The highest BCUT2D eigenvalue weighted by Crippen LogP contribution is 2.06. The van der Waals surface area contributed by atoms with Crippen molar-refractivity contribution < 1.29 is 52.8 Å². The molecule has 0 aromatic carbocycles. The molecule has 0 atom stereocenters. The van der Waals surface area contributed by atoms with Crippen molar-refractivity contribution in [3.05, 3.63) is 12.2 Å². The summed E-state index contributed by atoms with van der Waals surface area (Å²) in [5.41, 5.74) is 0.310. The van der Waals surface area contributed by atoms with Crippen LogP contribution in [0.4, 0.5) is 0 Å². The average Bonchev–Trinajstić information content (AvgIpc) is 2.32. The second kappa shape index (κ2) is 12.5. The molecule has 0 N–H and O–H groups in total. The van der Waals surface area contributed by atoms with E-state index < -0.39 is 5.97 Å². The molecule has 6 nitrogen and oxygen atoms in total. The minimum Gasteiger partial charge on any atom is -1.00 e. The van der Waals surface area contributed by atoms with Gasteiger partial charge in [0.2, 0.25) is 0 Å². The van der Waals surface area contributed by atoms with Gasteiger partial charge in [0, 0.05) is 12.0 Å². The molecular weight excluding hydrogens is 355 g/mol. The smallest absolute Gasteiger partial charge is 0.333 e. The van der Waals surface area contributed by atoms with Crippen LogP contribution >= 0.6 is 0 Å². The van der Waals surface area contributed by atoms with E-state index in [-0.39, 0.29) is 43.6 Å². The summed E-state index contributed by atoms with van der Waals surface area (Å²) < 4.78 is 11.7. The van der Waals surface area contributed by atoms with Crippen molar-refractivity contribution in [1.82, 2.24) is 0 Å². The van der Waals surface area contributed by atoms with Crippen LogP contribution in [0.25, 0.3) is 0 Å². The number of hydrogen-bond acceptors (Lipinski definition) is 4. The second-order valence-electron chi connectivity index (χ2n) is 7.49. The number of rotatable bonds is 10. The van der Waals surface area contributed by atoms with E-state index in [1.165, 1.54) is 0 Å². The Bertz CT molecular complexity index is 402. The maximum atomic E-state index is 11.7. The molecule has 0 spiro atoms. The summed E-state index contributed by atoms with van der Waals surface area (Å²) in [6.45, 7) is 5.87. The SMILES string of the molecule is C=C(CCC(=O)OCC[N+](C)(C)C)C(=O)OCC[N+](C)(C)C.[Cl-].[Cl-]. The standard InChI is InChI=1S/C16H32N2O4.2ClH/c1-14(16(20)22-13-11-18(5,6)7)8-9-15(19)21-12-10-17(2,3)4;;/h1,8-13H2,2-7H3;2*1H/q+2;;/p-2. The largest absolute Gasteiger partial charge is 1.00 e. The lowest BCUT2D eigenvalue weighted by Crippen LogP contribution is -3.00. The fourth-order valence-corrected chi connectivity index (χ4v) is 1.37. The van der Waals surface area contributed by atoms with Crippen LogP contribution in [-0.4, -0.2) is 89.5 Å². The minimum atomic E-state index is -0.437. The molecule has 0 aliphatic heterocycles. The molecule has 0 aromatic rings. The predicted molar refractivity (Wildman–Crippen MR) is 86.1 cm³/mol. The van der Waals surface area contributed by atoms with Crippen LogP contribution in [0, 0.1) is 0 Å². The molecule has 24 heavy (non-hydrogen) atoms. The van der Waals surface area contributed by atoms with Crippen LogP contribution in [-0.2, 0) is 19.1 Å². The summed E-state index contributed by atoms with van der Waals surface area (Å²) >= 11 is 0. The summed E-state index contributed by atoms with van der Waals surface area (Å²) in [6.07, 6.45) is 0.423. The molecule has 0 bridgehead atoms. The van der Waals surface area contributed by atoms with E-state index in [1.807, 2.05) is 42.3 Å². The van der Waals surface area contributed by atoms with Crippen LogP contribution in [0.1, 0.15) is 12.8 Å². The summed E-state index contributed by atoms with van der Waals surface area (Å²) in [5, 5.41) is 0. The quantitative estimate of drug-likeness (QED) is 0.214. The second-order valence-corrected chi connectivity index (χ2v) is 7.49. The molecule has 0 amide bonds. The number of nitrogens with zero attached hydrogens (tertiary/aromatic N) is 2. The number of carbonyl (C=O) groups is 2. The topological polar surface area (TPSA) is 52.6 Å². The lowest BCUT2D eigenvalue weighted by molar-refractivity contribution is -0.870. The third kappa shape index (κ3) is 17.5. The first kappa shape index (κ1) is 28.0. The van der Waals surface area contributed by atoms with Crippen molar-refractivity contribution >= 4 is 11.9 Å². The number of ether oxygens (including phenoxy) is 2. The van der Waals surface area contributed by atoms with Crippen LogP contribution < -0.4 is 24.8 Å². The molecule has 0 heterocycles. The van der Waals surface area contributed by atoms with Crippen molar-refractivity contribution in [1.29, 1.82) is 0 Å². The average molecular weight is 387 g/mol. The van der Waals surface area contributed by atoms with Gasteiger partial charge >= 0.3 is 11.9 Å². The number of carbonyl (C=O) groups excluding carboxylic acids is 2. The zero-order valence-electron chi connectivity index (χ0n) is 15.7. The molecule has 0 aliphatic carbocycles. The Morgan fingerprint density at radius 1 is 0.792 bits per heavy atom. The van der Waals surface area contributed by atoms with E-state index in [9.17, 15) is 9.59 Å². The maximum absolute atomic E-state index is 11.7. The summed E-state index contributed by atoms with van der Waals surface area (Å²) in [6, 6.07) is 0. The van der Waals surface area contributed by atoms with E-state index in [4.69, 9.17) is 9.47 Å². The van der Waals surface area contributed by atoms with Gasteiger partial charge in [0.1, 0.15) is 26.3 Å². The predicted octanol–water partition coefficient (Wildman–Crippen LogP) is -5.17. The number of esters is 2. The van der Waals surface area contributed by atoms with Gasteiger partial charge in [0.25, 0.3) is 0 Å². The molecule has 0 radical (unpaired) electrons. The summed E-state index contributed by atoms with van der Waals surface area (Å²) in [4.78, 5) is 23.3. The fraction of sp³-hybridized carbons (Fsp3) is 0.750.